The summed E-state index contributed by atoms with van der Waals surface area (Å²) in [6, 6.07) is 26.9. The van der Waals surface area contributed by atoms with Crippen molar-refractivity contribution in [2.24, 2.45) is 5.14 Å². The normalized spacial score (nSPS) is 11.5. The molecule has 3 N–H and O–H groups in total. The zero-order chi connectivity index (χ0) is 36.2. The number of nitrogens with zero attached hydrogens (tertiary/aromatic N) is 2. The third-order valence-electron chi connectivity index (χ3n) is 7.45. The molecular weight excluding hydrogens is 706 g/mol. The molecule has 6 rings (SSSR count). The van der Waals surface area contributed by atoms with Crippen LogP contribution in [0.2, 0.25) is 5.02 Å². The van der Waals surface area contributed by atoms with Gasteiger partial charge in [0.2, 0.25) is 10.0 Å². The maximum Gasteiger partial charge on any atom is 0.311 e. The van der Waals surface area contributed by atoms with Crippen molar-refractivity contribution in [2.75, 3.05) is 13.4 Å². The molecule has 0 aliphatic heterocycles. The van der Waals surface area contributed by atoms with Gasteiger partial charge < -0.3 is 18.9 Å². The molecule has 0 saturated carbocycles. The van der Waals surface area contributed by atoms with Gasteiger partial charge in [0, 0.05) is 17.4 Å². The van der Waals surface area contributed by atoms with E-state index in [0.29, 0.717) is 39.0 Å². The highest BCUT2D eigenvalue weighted by molar-refractivity contribution is 7.90. The Balaban J connectivity index is 0.000000194. The Kier molecular flexibility index (Phi) is 10.6. The van der Waals surface area contributed by atoms with E-state index in [1.54, 1.807) is 62.6 Å². The summed E-state index contributed by atoms with van der Waals surface area (Å²) < 4.78 is 61.8. The number of carboxylic acids is 1. The van der Waals surface area contributed by atoms with Crippen LogP contribution in [0.4, 0.5) is 0 Å². The summed E-state index contributed by atoms with van der Waals surface area (Å²) in [6.45, 7) is 1.81. The molecule has 2 aromatic heterocycles. The Morgan fingerprint density at radius 2 is 1.32 bits per heavy atom. The number of primary sulfonamides is 1. The first kappa shape index (κ1) is 36.0. The maximum atomic E-state index is 11.6. The van der Waals surface area contributed by atoms with Crippen molar-refractivity contribution in [3.8, 4) is 50.5 Å². The summed E-state index contributed by atoms with van der Waals surface area (Å²) in [6.07, 6.45) is 0.837. The molecule has 0 aliphatic carbocycles. The Morgan fingerprint density at radius 1 is 0.780 bits per heavy atom. The van der Waals surface area contributed by atoms with Gasteiger partial charge in [-0.1, -0.05) is 76.5 Å². The molecule has 0 spiro atoms. The average molecular weight is 736 g/mol. The molecule has 0 atom stereocenters. The number of hydrogen-bond acceptors (Lipinski definition) is 10. The van der Waals surface area contributed by atoms with E-state index in [2.05, 4.69) is 10.3 Å². The van der Waals surface area contributed by atoms with Gasteiger partial charge in [-0.2, -0.15) is 0 Å². The first-order valence-electron chi connectivity index (χ1n) is 14.7. The van der Waals surface area contributed by atoms with Crippen LogP contribution in [0.3, 0.4) is 0 Å². The van der Waals surface area contributed by atoms with E-state index < -0.39 is 25.8 Å². The number of carbonyl (C=O) groups is 1. The summed E-state index contributed by atoms with van der Waals surface area (Å²) in [7, 11) is -5.51. The smallest absolute Gasteiger partial charge is 0.311 e. The van der Waals surface area contributed by atoms with E-state index in [1.165, 1.54) is 18.4 Å². The monoisotopic (exact) mass is 735 g/mol. The minimum absolute atomic E-state index is 0.0336. The van der Waals surface area contributed by atoms with Crippen molar-refractivity contribution < 1.29 is 40.5 Å². The summed E-state index contributed by atoms with van der Waals surface area (Å²) in [4.78, 5) is 11.3. The number of aliphatic carboxylic acids is 1. The second kappa shape index (κ2) is 14.7. The number of aryl methyl sites for hydroxylation is 1. The number of methoxy groups -OCH3 is 1. The highest BCUT2D eigenvalue weighted by Crippen LogP contribution is 2.38. The maximum absolute atomic E-state index is 11.6. The molecule has 6 aromatic rings. The van der Waals surface area contributed by atoms with Crippen LogP contribution in [0.25, 0.3) is 44.8 Å². The van der Waals surface area contributed by atoms with Crippen molar-refractivity contribution in [1.82, 2.24) is 10.3 Å². The predicted octanol–water partition coefficient (Wildman–Crippen LogP) is 6.67. The number of carboxylic acid groups (broad SMARTS) is 1. The van der Waals surface area contributed by atoms with Gasteiger partial charge in [-0.05, 0) is 60.5 Å². The molecular formula is C35H30ClN3O9S2. The van der Waals surface area contributed by atoms with E-state index in [4.69, 9.17) is 35.6 Å². The molecule has 0 amide bonds. The molecule has 0 saturated heterocycles. The number of benzene rings is 4. The molecule has 0 unspecified atom stereocenters. The fourth-order valence-electron chi connectivity index (χ4n) is 5.08. The van der Waals surface area contributed by atoms with Crippen molar-refractivity contribution in [3.63, 3.8) is 0 Å². The zero-order valence-corrected chi connectivity index (χ0v) is 29.2. The third-order valence-corrected chi connectivity index (χ3v) is 9.81. The van der Waals surface area contributed by atoms with Crippen molar-refractivity contribution >= 4 is 37.4 Å². The standard InChI is InChI=1S/C18H16ClNO4S.C17H14N2O5S/c1-11-17(12-4-7-14(8-5-12)25(3,21)22)18(20-24-11)13-6-9-16(23-2)15(19)10-13;18-25(22,23)13-8-6-11(7-9-13)16-14(10-15(20)21)24-19-17(16)12-4-2-1-3-5-12/h4-10H,1-3H3;1-9H,10H2,(H,20,21)(H2,18,22,23). The fourth-order valence-corrected chi connectivity index (χ4v) is 6.48. The van der Waals surface area contributed by atoms with Gasteiger partial charge in [0.05, 0.1) is 33.1 Å². The molecule has 0 fully saturated rings. The van der Waals surface area contributed by atoms with Crippen LogP contribution in [0.1, 0.15) is 11.5 Å². The van der Waals surface area contributed by atoms with Crippen LogP contribution >= 0.6 is 11.6 Å². The van der Waals surface area contributed by atoms with Gasteiger partial charge in [-0.15, -0.1) is 0 Å². The van der Waals surface area contributed by atoms with E-state index in [0.717, 1.165) is 22.3 Å². The quantitative estimate of drug-likeness (QED) is 0.161. The summed E-state index contributed by atoms with van der Waals surface area (Å²) in [5, 5.41) is 22.8. The van der Waals surface area contributed by atoms with Crippen molar-refractivity contribution in [1.29, 1.82) is 0 Å². The van der Waals surface area contributed by atoms with E-state index in [9.17, 15) is 21.6 Å². The number of halogens is 1. The first-order chi connectivity index (χ1) is 23.7. The topological polar surface area (TPSA) is 193 Å². The molecule has 258 valence electrons. The van der Waals surface area contributed by atoms with Crippen LogP contribution in [0, 0.1) is 6.92 Å². The van der Waals surface area contributed by atoms with Gasteiger partial charge in [-0.3, -0.25) is 4.79 Å². The largest absolute Gasteiger partial charge is 0.495 e. The minimum Gasteiger partial charge on any atom is -0.495 e. The number of hydrogen-bond donors (Lipinski definition) is 2. The highest BCUT2D eigenvalue weighted by atomic mass is 35.5. The SMILES string of the molecule is COc1ccc(-c2noc(C)c2-c2ccc(S(C)(=O)=O)cc2)cc1Cl.NS(=O)(=O)c1ccc(-c2c(-c3ccccc3)noc2CC(=O)O)cc1. The predicted molar refractivity (Wildman–Crippen MR) is 187 cm³/mol. The molecule has 0 aliphatic rings. The summed E-state index contributed by atoms with van der Waals surface area (Å²) >= 11 is 6.21. The number of sulfonamides is 1. The van der Waals surface area contributed by atoms with E-state index in [-0.39, 0.29) is 22.0 Å². The lowest BCUT2D eigenvalue weighted by Crippen LogP contribution is -2.11. The molecule has 0 radical (unpaired) electrons. The summed E-state index contributed by atoms with van der Waals surface area (Å²) in [5.74, 6) is 0.339. The molecule has 4 aromatic carbocycles. The molecule has 2 heterocycles. The lowest BCUT2D eigenvalue weighted by Gasteiger charge is -2.07. The Labute approximate surface area is 293 Å². The van der Waals surface area contributed by atoms with Crippen molar-refractivity contribution in [3.05, 3.63) is 114 Å². The molecule has 50 heavy (non-hydrogen) atoms. The minimum atomic E-state index is -3.81. The molecule has 0 bridgehead atoms. The van der Waals surface area contributed by atoms with Crippen LogP contribution in [0.5, 0.6) is 5.75 Å². The van der Waals surface area contributed by atoms with Crippen LogP contribution in [0.15, 0.2) is 116 Å². The molecule has 12 nitrogen and oxygen atoms in total. The number of sulfone groups is 1. The Bertz CT molecular complexity index is 2370. The van der Waals surface area contributed by atoms with E-state index >= 15 is 0 Å². The second-order valence-electron chi connectivity index (χ2n) is 10.9. The van der Waals surface area contributed by atoms with Crippen LogP contribution < -0.4 is 9.88 Å². The number of aromatic nitrogens is 2. The summed E-state index contributed by atoms with van der Waals surface area (Å²) in [5.41, 5.74) is 5.36. The number of ether oxygens (including phenoxy) is 1. The highest BCUT2D eigenvalue weighted by Gasteiger charge is 2.22. The van der Waals surface area contributed by atoms with Crippen LogP contribution in [-0.4, -0.2) is 51.6 Å². The van der Waals surface area contributed by atoms with Gasteiger partial charge in [0.1, 0.15) is 29.3 Å². The zero-order valence-electron chi connectivity index (χ0n) is 26.8. The lowest BCUT2D eigenvalue weighted by molar-refractivity contribution is -0.136. The Hall–Kier alpha value is -5.28. The average Bonchev–Trinajstić information content (AvgIpc) is 3.67. The third kappa shape index (κ3) is 8.12. The molecule has 15 heteroatoms. The van der Waals surface area contributed by atoms with Crippen molar-refractivity contribution in [2.45, 2.75) is 23.1 Å². The van der Waals surface area contributed by atoms with Crippen LogP contribution in [-0.2, 0) is 31.1 Å². The van der Waals surface area contributed by atoms with Gasteiger partial charge >= 0.3 is 5.97 Å². The van der Waals surface area contributed by atoms with Gasteiger partial charge in [0.25, 0.3) is 0 Å². The lowest BCUT2D eigenvalue weighted by atomic mass is 9.98. The fraction of sp³-hybridized carbons (Fsp3) is 0.114. The second-order valence-corrected chi connectivity index (χ2v) is 14.9. The number of rotatable bonds is 9. The number of nitrogens with two attached hydrogens (primary N) is 1. The van der Waals surface area contributed by atoms with Gasteiger partial charge in [-0.25, -0.2) is 22.0 Å². The van der Waals surface area contributed by atoms with Gasteiger partial charge in [0.15, 0.2) is 15.6 Å². The Morgan fingerprint density at radius 3 is 1.86 bits per heavy atom. The first-order valence-corrected chi connectivity index (χ1v) is 18.5. The van der Waals surface area contributed by atoms with E-state index in [1.807, 2.05) is 36.4 Å².